The molecule has 0 saturated carbocycles. The van der Waals surface area contributed by atoms with Crippen LogP contribution < -0.4 is 21.1 Å². The van der Waals surface area contributed by atoms with Crippen molar-refractivity contribution in [2.45, 2.75) is 18.9 Å². The van der Waals surface area contributed by atoms with Crippen LogP contribution in [0.4, 0.5) is 17.7 Å². The largest absolute Gasteiger partial charge is 0.474 e. The Kier molecular flexibility index (Phi) is 5.16. The topological polar surface area (TPSA) is 135 Å². The van der Waals surface area contributed by atoms with Gasteiger partial charge in [-0.1, -0.05) is 0 Å². The summed E-state index contributed by atoms with van der Waals surface area (Å²) in [6.07, 6.45) is 3.30. The van der Waals surface area contributed by atoms with E-state index in [0.717, 1.165) is 12.8 Å². The first-order valence-corrected chi connectivity index (χ1v) is 9.03. The lowest BCUT2D eigenvalue weighted by molar-refractivity contribution is 0.0237. The second-order valence-corrected chi connectivity index (χ2v) is 6.45. The fourth-order valence-electron chi connectivity index (χ4n) is 3.09. The molecule has 0 atom stereocenters. The molecule has 0 bridgehead atoms. The van der Waals surface area contributed by atoms with Gasteiger partial charge in [-0.2, -0.15) is 9.97 Å². The van der Waals surface area contributed by atoms with Crippen LogP contribution in [-0.4, -0.2) is 65.6 Å². The Morgan fingerprint density at radius 1 is 1.00 bits per heavy atom. The second-order valence-electron chi connectivity index (χ2n) is 6.45. The molecule has 10 heteroatoms. The van der Waals surface area contributed by atoms with Gasteiger partial charge in [0.05, 0.1) is 37.7 Å². The Balaban J connectivity index is 1.68. The highest BCUT2D eigenvalue weighted by Crippen LogP contribution is 2.28. The number of nitrogen functional groups attached to an aromatic ring is 2. The first-order valence-electron chi connectivity index (χ1n) is 9.03. The van der Waals surface area contributed by atoms with E-state index in [0.29, 0.717) is 62.6 Å². The summed E-state index contributed by atoms with van der Waals surface area (Å²) >= 11 is 0. The molecule has 0 spiro atoms. The minimum absolute atomic E-state index is 0.0686. The van der Waals surface area contributed by atoms with E-state index in [9.17, 15) is 0 Å². The number of anilines is 3. The number of hydrogen-bond donors (Lipinski definition) is 2. The van der Waals surface area contributed by atoms with Gasteiger partial charge in [0.1, 0.15) is 11.9 Å². The Morgan fingerprint density at radius 2 is 1.74 bits per heavy atom. The molecule has 0 aliphatic carbocycles. The lowest BCUT2D eigenvalue weighted by Crippen LogP contribution is -2.37. The zero-order chi connectivity index (χ0) is 18.6. The van der Waals surface area contributed by atoms with Crippen LogP contribution in [0, 0.1) is 0 Å². The molecule has 2 aliphatic heterocycles. The molecular formula is C17H23N7O3. The molecule has 2 aliphatic rings. The molecule has 4 heterocycles. The van der Waals surface area contributed by atoms with E-state index in [4.69, 9.17) is 25.7 Å². The third-order valence-electron chi connectivity index (χ3n) is 4.55. The van der Waals surface area contributed by atoms with Crippen LogP contribution in [0.5, 0.6) is 5.88 Å². The molecule has 4 N–H and O–H groups in total. The zero-order valence-electron chi connectivity index (χ0n) is 15.0. The van der Waals surface area contributed by atoms with Crippen molar-refractivity contribution in [2.75, 3.05) is 55.9 Å². The molecule has 2 aromatic rings. The summed E-state index contributed by atoms with van der Waals surface area (Å²) in [6, 6.07) is 1.77. The van der Waals surface area contributed by atoms with Crippen molar-refractivity contribution in [3.8, 4) is 17.1 Å². The van der Waals surface area contributed by atoms with Crippen molar-refractivity contribution in [2.24, 2.45) is 0 Å². The molecular weight excluding hydrogens is 350 g/mol. The van der Waals surface area contributed by atoms with Gasteiger partial charge in [0.25, 0.3) is 0 Å². The van der Waals surface area contributed by atoms with Crippen LogP contribution in [0.1, 0.15) is 12.8 Å². The van der Waals surface area contributed by atoms with Gasteiger partial charge < -0.3 is 30.6 Å². The lowest BCUT2D eigenvalue weighted by atomic mass is 10.1. The standard InChI is InChI=1S/C17H23N7O3/c18-15-12(10-20-16(19)23-15)13-9-14(27-11-1-5-25-6-2-11)22-17(21-13)24-3-7-26-8-4-24/h9-11H,1-8H2,(H4,18,19,20,23). The summed E-state index contributed by atoms with van der Waals surface area (Å²) < 4.78 is 16.9. The van der Waals surface area contributed by atoms with Crippen LogP contribution in [0.2, 0.25) is 0 Å². The Hall–Kier alpha value is -2.72. The summed E-state index contributed by atoms with van der Waals surface area (Å²) in [4.78, 5) is 19.4. The number of morpholine rings is 1. The lowest BCUT2D eigenvalue weighted by Gasteiger charge is -2.28. The number of hydrogen-bond acceptors (Lipinski definition) is 10. The molecule has 10 nitrogen and oxygen atoms in total. The summed E-state index contributed by atoms with van der Waals surface area (Å²) in [5.74, 6) is 1.47. The van der Waals surface area contributed by atoms with Gasteiger partial charge in [-0.3, -0.25) is 0 Å². The van der Waals surface area contributed by atoms with Crippen LogP contribution in [0.25, 0.3) is 11.3 Å². The fraction of sp³-hybridized carbons (Fsp3) is 0.529. The maximum atomic E-state index is 6.12. The van der Waals surface area contributed by atoms with Gasteiger partial charge in [0, 0.05) is 38.2 Å². The van der Waals surface area contributed by atoms with Gasteiger partial charge in [0.2, 0.25) is 17.8 Å². The quantitative estimate of drug-likeness (QED) is 0.779. The molecule has 2 fully saturated rings. The summed E-state index contributed by atoms with van der Waals surface area (Å²) in [5.41, 5.74) is 12.8. The molecule has 27 heavy (non-hydrogen) atoms. The Morgan fingerprint density at radius 3 is 2.48 bits per heavy atom. The van der Waals surface area contributed by atoms with Gasteiger partial charge in [0.15, 0.2) is 0 Å². The maximum Gasteiger partial charge on any atom is 0.229 e. The van der Waals surface area contributed by atoms with Gasteiger partial charge in [-0.05, 0) is 0 Å². The van der Waals surface area contributed by atoms with E-state index >= 15 is 0 Å². The molecule has 0 aromatic carbocycles. The monoisotopic (exact) mass is 373 g/mol. The Labute approximate surface area is 156 Å². The predicted octanol–water partition coefficient (Wildman–Crippen LogP) is 0.492. The van der Waals surface area contributed by atoms with Crippen molar-refractivity contribution < 1.29 is 14.2 Å². The smallest absolute Gasteiger partial charge is 0.229 e. The van der Waals surface area contributed by atoms with Gasteiger partial charge in [-0.15, -0.1) is 0 Å². The van der Waals surface area contributed by atoms with E-state index in [1.165, 1.54) is 0 Å². The summed E-state index contributed by atoms with van der Waals surface area (Å²) in [6.45, 7) is 4.09. The second kappa shape index (κ2) is 7.89. The highest BCUT2D eigenvalue weighted by molar-refractivity contribution is 5.72. The predicted molar refractivity (Wildman–Crippen MR) is 99.4 cm³/mol. The first-order chi connectivity index (χ1) is 13.2. The molecule has 0 amide bonds. The van der Waals surface area contributed by atoms with Crippen molar-refractivity contribution in [1.82, 2.24) is 19.9 Å². The highest BCUT2D eigenvalue weighted by atomic mass is 16.5. The first kappa shape index (κ1) is 17.7. The average Bonchev–Trinajstić information content (AvgIpc) is 2.69. The maximum absolute atomic E-state index is 6.12. The normalized spacial score (nSPS) is 18.4. The van der Waals surface area contributed by atoms with Gasteiger partial charge in [-0.25, -0.2) is 9.97 Å². The van der Waals surface area contributed by atoms with E-state index in [-0.39, 0.29) is 17.9 Å². The minimum Gasteiger partial charge on any atom is -0.474 e. The van der Waals surface area contributed by atoms with E-state index in [2.05, 4.69) is 24.8 Å². The molecule has 144 valence electrons. The summed E-state index contributed by atoms with van der Waals surface area (Å²) in [5, 5.41) is 0. The summed E-state index contributed by atoms with van der Waals surface area (Å²) in [7, 11) is 0. The molecule has 2 saturated heterocycles. The number of ether oxygens (including phenoxy) is 3. The third kappa shape index (κ3) is 4.17. The van der Waals surface area contributed by atoms with Crippen molar-refractivity contribution >= 4 is 17.7 Å². The third-order valence-corrected chi connectivity index (χ3v) is 4.55. The number of nitrogens with two attached hydrogens (primary N) is 2. The van der Waals surface area contributed by atoms with Crippen molar-refractivity contribution in [1.29, 1.82) is 0 Å². The zero-order valence-corrected chi connectivity index (χ0v) is 15.0. The van der Waals surface area contributed by atoms with Crippen LogP contribution in [-0.2, 0) is 9.47 Å². The minimum atomic E-state index is 0.0686. The Bertz CT molecular complexity index is 792. The molecule has 2 aromatic heterocycles. The molecule has 0 radical (unpaired) electrons. The average molecular weight is 373 g/mol. The fourth-order valence-corrected chi connectivity index (χ4v) is 3.09. The number of aromatic nitrogens is 4. The highest BCUT2D eigenvalue weighted by Gasteiger charge is 2.21. The van der Waals surface area contributed by atoms with Crippen LogP contribution in [0.15, 0.2) is 12.3 Å². The molecule has 0 unspecified atom stereocenters. The van der Waals surface area contributed by atoms with Crippen LogP contribution in [0.3, 0.4) is 0 Å². The number of rotatable bonds is 4. The number of nitrogens with zero attached hydrogens (tertiary/aromatic N) is 5. The van der Waals surface area contributed by atoms with E-state index < -0.39 is 0 Å². The van der Waals surface area contributed by atoms with E-state index in [1.54, 1.807) is 12.3 Å². The van der Waals surface area contributed by atoms with Crippen molar-refractivity contribution in [3.63, 3.8) is 0 Å². The SMILES string of the molecule is Nc1ncc(-c2cc(OC3CCOCC3)nc(N3CCOCC3)n2)c(N)n1. The van der Waals surface area contributed by atoms with Crippen LogP contribution >= 0.6 is 0 Å². The van der Waals surface area contributed by atoms with E-state index in [1.807, 2.05) is 0 Å². The molecule has 4 rings (SSSR count). The van der Waals surface area contributed by atoms with Gasteiger partial charge >= 0.3 is 0 Å². The van der Waals surface area contributed by atoms with Crippen molar-refractivity contribution in [3.05, 3.63) is 12.3 Å².